The van der Waals surface area contributed by atoms with Crippen LogP contribution >= 0.6 is 0 Å². The Morgan fingerprint density at radius 2 is 1.26 bits per heavy atom. The Kier molecular flexibility index (Phi) is 6.39. The highest BCUT2D eigenvalue weighted by Crippen LogP contribution is 2.57. The Morgan fingerprint density at radius 3 is 1.76 bits per heavy atom. The second-order valence-corrected chi connectivity index (χ2v) is 11.7. The fraction of sp³-hybridized carbons (Fsp3) is 0.333. The van der Waals surface area contributed by atoms with Crippen LogP contribution in [0.4, 0.5) is 26.3 Å². The van der Waals surface area contributed by atoms with Crippen molar-refractivity contribution in [2.45, 2.75) is 59.3 Å². The van der Waals surface area contributed by atoms with Crippen LogP contribution in [0.2, 0.25) is 0 Å². The molecule has 2 unspecified atom stereocenters. The number of hydrogen-bond acceptors (Lipinski definition) is 4. The molecule has 1 aliphatic heterocycles. The maximum atomic E-state index is 14.2. The first-order chi connectivity index (χ1) is 17.8. The summed E-state index contributed by atoms with van der Waals surface area (Å²) in [7, 11) is -4.06. The smallest absolute Gasteiger partial charge is 0.369 e. The number of ether oxygens (including phenoxy) is 2. The molecule has 38 heavy (non-hydrogen) atoms. The highest BCUT2D eigenvalue weighted by molar-refractivity contribution is 7.92. The molecular weight excluding hydrogens is 534 g/mol. The van der Waals surface area contributed by atoms with E-state index in [9.17, 15) is 34.8 Å². The molecule has 2 fully saturated rings. The molecule has 2 aliphatic rings. The summed E-state index contributed by atoms with van der Waals surface area (Å²) in [6.45, 7) is -0.950. The average molecular weight is 557 g/mol. The minimum absolute atomic E-state index is 0.0106. The first-order valence-electron chi connectivity index (χ1n) is 11.7. The van der Waals surface area contributed by atoms with E-state index in [1.54, 1.807) is 24.3 Å². The van der Waals surface area contributed by atoms with Gasteiger partial charge in [-0.3, -0.25) is 0 Å². The molecule has 2 atom stereocenters. The van der Waals surface area contributed by atoms with Gasteiger partial charge in [-0.25, -0.2) is 8.42 Å². The summed E-state index contributed by atoms with van der Waals surface area (Å²) in [5.74, 6) is 0. The van der Waals surface area contributed by atoms with E-state index in [0.717, 1.165) is 12.1 Å². The first kappa shape index (κ1) is 26.7. The van der Waals surface area contributed by atoms with Crippen LogP contribution in [0.15, 0.2) is 89.8 Å². The van der Waals surface area contributed by atoms with Gasteiger partial charge in [-0.05, 0) is 23.3 Å². The van der Waals surface area contributed by atoms with E-state index in [1.165, 1.54) is 36.4 Å². The zero-order valence-electron chi connectivity index (χ0n) is 19.7. The SMILES string of the molecule is O=S(=O)(c1ccccc1)C1(c2ccc(C(OCc3ccccc3)(C(F)(F)F)C(F)(F)F)cc2)CC2OC2C1. The fourth-order valence-corrected chi connectivity index (χ4v) is 7.40. The van der Waals surface area contributed by atoms with Gasteiger partial charge in [0.2, 0.25) is 0 Å². The third-order valence-electron chi connectivity index (χ3n) is 7.23. The van der Waals surface area contributed by atoms with Crippen LogP contribution in [0.1, 0.15) is 29.5 Å². The first-order valence-corrected chi connectivity index (χ1v) is 13.2. The van der Waals surface area contributed by atoms with E-state index in [-0.39, 0.29) is 41.1 Å². The highest BCUT2D eigenvalue weighted by atomic mass is 32.2. The zero-order valence-corrected chi connectivity index (χ0v) is 20.5. The van der Waals surface area contributed by atoms with Gasteiger partial charge in [0.05, 0.1) is 23.7 Å². The van der Waals surface area contributed by atoms with E-state index in [2.05, 4.69) is 0 Å². The summed E-state index contributed by atoms with van der Waals surface area (Å²) in [6, 6.07) is 18.1. The lowest BCUT2D eigenvalue weighted by Crippen LogP contribution is -2.55. The van der Waals surface area contributed by atoms with Gasteiger partial charge >= 0.3 is 12.4 Å². The quantitative estimate of drug-likeness (QED) is 0.248. The van der Waals surface area contributed by atoms with Crippen LogP contribution in [0.5, 0.6) is 0 Å². The van der Waals surface area contributed by atoms with E-state index in [0.29, 0.717) is 12.1 Å². The molecule has 0 radical (unpaired) electrons. The van der Waals surface area contributed by atoms with Crippen molar-refractivity contribution in [1.29, 1.82) is 0 Å². The van der Waals surface area contributed by atoms with Gasteiger partial charge in [0, 0.05) is 18.4 Å². The number of benzene rings is 3. The molecule has 3 aromatic carbocycles. The average Bonchev–Trinajstić information content (AvgIpc) is 3.49. The van der Waals surface area contributed by atoms with Gasteiger partial charge in [0.25, 0.3) is 5.60 Å². The van der Waals surface area contributed by atoms with Crippen molar-refractivity contribution in [3.05, 3.63) is 102 Å². The molecule has 0 spiro atoms. The van der Waals surface area contributed by atoms with E-state index >= 15 is 0 Å². The predicted molar refractivity (Wildman–Crippen MR) is 125 cm³/mol. The molecule has 202 valence electrons. The molecule has 0 amide bonds. The molecule has 0 N–H and O–H groups in total. The number of epoxide rings is 1. The van der Waals surface area contributed by atoms with E-state index < -0.39 is 44.7 Å². The summed E-state index contributed by atoms with van der Waals surface area (Å²) in [5, 5.41) is 0. The van der Waals surface area contributed by atoms with Gasteiger partial charge in [-0.1, -0.05) is 72.8 Å². The molecule has 11 heteroatoms. The number of hydrogen-bond donors (Lipinski definition) is 0. The van der Waals surface area contributed by atoms with Crippen LogP contribution in [0, 0.1) is 0 Å². The van der Waals surface area contributed by atoms with Crippen molar-refractivity contribution >= 4 is 9.84 Å². The molecule has 3 aromatic rings. The number of halogens is 6. The van der Waals surface area contributed by atoms with E-state index in [4.69, 9.17) is 9.47 Å². The van der Waals surface area contributed by atoms with Crippen LogP contribution in [0.3, 0.4) is 0 Å². The lowest BCUT2D eigenvalue weighted by Gasteiger charge is -2.38. The fourth-order valence-electron chi connectivity index (χ4n) is 5.22. The monoisotopic (exact) mass is 556 g/mol. The van der Waals surface area contributed by atoms with Crippen molar-refractivity contribution in [1.82, 2.24) is 0 Å². The van der Waals surface area contributed by atoms with Crippen molar-refractivity contribution in [3.8, 4) is 0 Å². The van der Waals surface area contributed by atoms with Gasteiger partial charge in [0.1, 0.15) is 4.75 Å². The number of rotatable bonds is 7. The topological polar surface area (TPSA) is 55.9 Å². The maximum Gasteiger partial charge on any atom is 0.430 e. The third kappa shape index (κ3) is 4.20. The molecular formula is C27H22F6O4S. The highest BCUT2D eigenvalue weighted by Gasteiger charge is 2.73. The Balaban J connectivity index is 1.58. The Bertz CT molecular complexity index is 1360. The summed E-state index contributed by atoms with van der Waals surface area (Å²) in [4.78, 5) is 0.0106. The van der Waals surface area contributed by atoms with Gasteiger partial charge in [-0.15, -0.1) is 0 Å². The van der Waals surface area contributed by atoms with Gasteiger partial charge < -0.3 is 9.47 Å². The normalized spacial score (nSPS) is 23.7. The number of alkyl halides is 6. The summed E-state index contributed by atoms with van der Waals surface area (Å²) in [5.41, 5.74) is -5.59. The molecule has 1 saturated carbocycles. The van der Waals surface area contributed by atoms with Crippen molar-refractivity contribution in [2.75, 3.05) is 0 Å². The molecule has 1 saturated heterocycles. The second kappa shape index (κ2) is 9.10. The van der Waals surface area contributed by atoms with Crippen LogP contribution in [-0.4, -0.2) is 33.0 Å². The molecule has 0 bridgehead atoms. The summed E-state index contributed by atoms with van der Waals surface area (Å²) < 4.78 is 122. The third-order valence-corrected chi connectivity index (χ3v) is 9.72. The van der Waals surface area contributed by atoms with Gasteiger partial charge in [-0.2, -0.15) is 26.3 Å². The summed E-state index contributed by atoms with van der Waals surface area (Å²) in [6.07, 6.45) is -12.3. The van der Waals surface area contributed by atoms with Crippen LogP contribution in [-0.2, 0) is 36.3 Å². The van der Waals surface area contributed by atoms with Crippen molar-refractivity contribution in [3.63, 3.8) is 0 Å². The number of sulfone groups is 1. The Hall–Kier alpha value is -2.89. The molecule has 1 aliphatic carbocycles. The minimum atomic E-state index is -5.86. The molecule has 4 nitrogen and oxygen atoms in total. The van der Waals surface area contributed by atoms with Crippen LogP contribution in [0.25, 0.3) is 0 Å². The minimum Gasteiger partial charge on any atom is -0.369 e. The lowest BCUT2D eigenvalue weighted by molar-refractivity contribution is -0.392. The Morgan fingerprint density at radius 1 is 0.763 bits per heavy atom. The van der Waals surface area contributed by atoms with Gasteiger partial charge in [0.15, 0.2) is 9.84 Å². The lowest BCUT2D eigenvalue weighted by atomic mass is 9.88. The second-order valence-electron chi connectivity index (χ2n) is 9.46. The largest absolute Gasteiger partial charge is 0.430 e. The van der Waals surface area contributed by atoms with E-state index in [1.807, 2.05) is 0 Å². The predicted octanol–water partition coefficient (Wildman–Crippen LogP) is 6.45. The summed E-state index contributed by atoms with van der Waals surface area (Å²) >= 11 is 0. The Labute approximate surface area is 215 Å². The molecule has 1 heterocycles. The number of fused-ring (bicyclic) bond motifs is 1. The standard InChI is InChI=1S/C27H22F6O4S/c28-26(29,30)25(27(31,32)33,36-17-18-7-3-1-4-8-18)20-13-11-19(12-14-20)24(15-22-23(16-24)37-22)38(34,35)21-9-5-2-6-10-21/h1-14,22-23H,15-17H2. The zero-order chi connectivity index (χ0) is 27.4. The van der Waals surface area contributed by atoms with Crippen molar-refractivity contribution in [2.24, 2.45) is 0 Å². The van der Waals surface area contributed by atoms with Crippen LogP contribution < -0.4 is 0 Å². The maximum absolute atomic E-state index is 14.2. The van der Waals surface area contributed by atoms with Crippen molar-refractivity contribution < 1.29 is 44.2 Å². The molecule has 0 aromatic heterocycles. The molecule has 5 rings (SSSR count).